The van der Waals surface area contributed by atoms with Gasteiger partial charge in [-0.25, -0.2) is 0 Å². The van der Waals surface area contributed by atoms with E-state index in [1.54, 1.807) is 12.1 Å². The van der Waals surface area contributed by atoms with E-state index in [9.17, 15) is 5.11 Å². The van der Waals surface area contributed by atoms with Crippen molar-refractivity contribution in [3.63, 3.8) is 0 Å². The number of benzene rings is 4. The quantitative estimate of drug-likeness (QED) is 0.436. The van der Waals surface area contributed by atoms with Gasteiger partial charge in [0.25, 0.3) is 0 Å². The maximum atomic E-state index is 9.96. The number of para-hydroxylation sites is 1. The Hall–Kier alpha value is -3.72. The molecule has 0 aliphatic carbocycles. The van der Waals surface area contributed by atoms with Gasteiger partial charge in [-0.1, -0.05) is 60.7 Å². The third kappa shape index (κ3) is 3.48. The number of anilines is 4. The summed E-state index contributed by atoms with van der Waals surface area (Å²) >= 11 is 0. The molecule has 27 heavy (non-hydrogen) atoms. The highest BCUT2D eigenvalue weighted by molar-refractivity contribution is 5.86. The maximum absolute atomic E-state index is 9.96. The minimum atomic E-state index is 0.216. The average molecular weight is 352 g/mol. The van der Waals surface area contributed by atoms with Crippen molar-refractivity contribution in [2.75, 3.05) is 10.6 Å². The minimum Gasteiger partial charge on any atom is -0.508 e. The highest BCUT2D eigenvalue weighted by Crippen LogP contribution is 2.40. The molecule has 0 spiro atoms. The number of hydrogen-bond acceptors (Lipinski definition) is 3. The van der Waals surface area contributed by atoms with Crippen molar-refractivity contribution in [1.29, 1.82) is 0 Å². The fraction of sp³-hybridized carbons (Fsp3) is 0. The molecular weight excluding hydrogens is 332 g/mol. The highest BCUT2D eigenvalue weighted by atomic mass is 16.3. The summed E-state index contributed by atoms with van der Waals surface area (Å²) in [7, 11) is 0. The Labute approximate surface area is 158 Å². The highest BCUT2D eigenvalue weighted by Gasteiger charge is 2.15. The fourth-order valence-electron chi connectivity index (χ4n) is 3.20. The van der Waals surface area contributed by atoms with Gasteiger partial charge in [-0.15, -0.1) is 0 Å². The second-order valence-electron chi connectivity index (χ2n) is 6.33. The van der Waals surface area contributed by atoms with Gasteiger partial charge in [0.15, 0.2) is 0 Å². The number of rotatable bonds is 4. The first-order chi connectivity index (χ1) is 13.2. The average Bonchev–Trinajstić information content (AvgIpc) is 2.71. The van der Waals surface area contributed by atoms with Crippen molar-refractivity contribution in [2.45, 2.75) is 0 Å². The van der Waals surface area contributed by atoms with Crippen LogP contribution < -0.4 is 10.6 Å². The molecule has 0 aromatic heterocycles. The van der Waals surface area contributed by atoms with Crippen molar-refractivity contribution in [1.82, 2.24) is 0 Å². The van der Waals surface area contributed by atoms with Crippen molar-refractivity contribution >= 4 is 22.7 Å². The summed E-state index contributed by atoms with van der Waals surface area (Å²) in [6, 6.07) is 33.4. The smallest absolute Gasteiger partial charge is 0.117 e. The van der Waals surface area contributed by atoms with Crippen molar-refractivity contribution in [3.05, 3.63) is 103 Å². The third-order valence-corrected chi connectivity index (χ3v) is 4.48. The second-order valence-corrected chi connectivity index (χ2v) is 6.33. The Kier molecular flexibility index (Phi) is 4.50. The van der Waals surface area contributed by atoms with Gasteiger partial charge < -0.3 is 15.7 Å². The Morgan fingerprint density at radius 3 is 1.93 bits per heavy atom. The number of nitrogen functional groups attached to an aromatic ring is 1. The minimum absolute atomic E-state index is 0.216. The summed E-state index contributed by atoms with van der Waals surface area (Å²) in [5.41, 5.74) is 12.0. The molecule has 132 valence electrons. The van der Waals surface area contributed by atoms with Crippen LogP contribution in [0, 0.1) is 0 Å². The molecule has 3 heteroatoms. The number of phenols is 1. The predicted molar refractivity (Wildman–Crippen MR) is 113 cm³/mol. The van der Waals surface area contributed by atoms with E-state index in [1.165, 1.54) is 0 Å². The maximum Gasteiger partial charge on any atom is 0.117 e. The Bertz CT molecular complexity index is 1050. The van der Waals surface area contributed by atoms with E-state index >= 15 is 0 Å². The normalized spacial score (nSPS) is 10.5. The molecule has 0 fully saturated rings. The topological polar surface area (TPSA) is 49.5 Å². The van der Waals surface area contributed by atoms with Crippen LogP contribution in [0.3, 0.4) is 0 Å². The zero-order valence-corrected chi connectivity index (χ0v) is 14.8. The zero-order valence-electron chi connectivity index (χ0n) is 14.8. The van der Waals surface area contributed by atoms with E-state index in [1.807, 2.05) is 77.7 Å². The molecule has 3 N–H and O–H groups in total. The molecule has 0 atom stereocenters. The molecule has 0 unspecified atom stereocenters. The van der Waals surface area contributed by atoms with Crippen LogP contribution in [0.5, 0.6) is 5.75 Å². The molecule has 3 nitrogen and oxygen atoms in total. The number of nitrogens with zero attached hydrogens (tertiary/aromatic N) is 1. The van der Waals surface area contributed by atoms with Crippen LogP contribution in [0.25, 0.3) is 11.1 Å². The summed E-state index contributed by atoms with van der Waals surface area (Å²) in [5.74, 6) is 0.216. The predicted octanol–water partition coefficient (Wildman–Crippen LogP) is 6.11. The van der Waals surface area contributed by atoms with Gasteiger partial charge in [-0.3, -0.25) is 0 Å². The van der Waals surface area contributed by atoms with E-state index in [0.29, 0.717) is 5.69 Å². The third-order valence-electron chi connectivity index (χ3n) is 4.48. The summed E-state index contributed by atoms with van der Waals surface area (Å²) < 4.78 is 0. The Morgan fingerprint density at radius 2 is 1.26 bits per heavy atom. The van der Waals surface area contributed by atoms with Gasteiger partial charge in [0.05, 0.1) is 11.4 Å². The van der Waals surface area contributed by atoms with Crippen LogP contribution >= 0.6 is 0 Å². The largest absolute Gasteiger partial charge is 0.508 e. The van der Waals surface area contributed by atoms with E-state index in [0.717, 1.165) is 28.2 Å². The molecule has 0 aliphatic heterocycles. The standard InChI is InChI=1S/C24H20N2O/c25-23-16-19(18-8-3-1-4-9-18)14-15-24(23)26(20-10-5-2-6-11-20)21-12-7-13-22(27)17-21/h1-17,27H,25H2. The number of aromatic hydroxyl groups is 1. The lowest BCUT2D eigenvalue weighted by molar-refractivity contribution is 0.475. The summed E-state index contributed by atoms with van der Waals surface area (Å²) in [6.45, 7) is 0. The molecule has 0 saturated carbocycles. The first-order valence-electron chi connectivity index (χ1n) is 8.81. The van der Waals surface area contributed by atoms with E-state index in [-0.39, 0.29) is 5.75 Å². The molecule has 0 radical (unpaired) electrons. The molecule has 4 aromatic carbocycles. The van der Waals surface area contributed by atoms with Gasteiger partial charge in [-0.2, -0.15) is 0 Å². The molecule has 0 bridgehead atoms. The number of hydrogen-bond donors (Lipinski definition) is 2. The van der Waals surface area contributed by atoms with Crippen LogP contribution in [0.2, 0.25) is 0 Å². The lowest BCUT2D eigenvalue weighted by Crippen LogP contribution is -2.11. The molecule has 0 heterocycles. The van der Waals surface area contributed by atoms with Gasteiger partial charge in [0.2, 0.25) is 0 Å². The van der Waals surface area contributed by atoms with Crippen LogP contribution in [0.1, 0.15) is 0 Å². The summed E-state index contributed by atoms with van der Waals surface area (Å²) in [6.07, 6.45) is 0. The van der Waals surface area contributed by atoms with Gasteiger partial charge in [-0.05, 0) is 47.5 Å². The molecule has 4 aromatic rings. The van der Waals surface area contributed by atoms with Crippen LogP contribution in [-0.2, 0) is 0 Å². The SMILES string of the molecule is Nc1cc(-c2ccccc2)ccc1N(c1ccccc1)c1cccc(O)c1. The first-order valence-corrected chi connectivity index (χ1v) is 8.81. The number of nitrogens with two attached hydrogens (primary N) is 1. The van der Waals surface area contributed by atoms with E-state index < -0.39 is 0 Å². The Balaban J connectivity index is 1.83. The molecule has 0 aliphatic rings. The summed E-state index contributed by atoms with van der Waals surface area (Å²) in [4.78, 5) is 2.05. The van der Waals surface area contributed by atoms with Gasteiger partial charge in [0.1, 0.15) is 5.75 Å². The van der Waals surface area contributed by atoms with Gasteiger partial charge in [0, 0.05) is 17.4 Å². The second kappa shape index (κ2) is 7.26. The van der Waals surface area contributed by atoms with Crippen LogP contribution in [-0.4, -0.2) is 5.11 Å². The van der Waals surface area contributed by atoms with Crippen LogP contribution in [0.4, 0.5) is 22.7 Å². The Morgan fingerprint density at radius 1 is 0.593 bits per heavy atom. The van der Waals surface area contributed by atoms with Crippen LogP contribution in [0.15, 0.2) is 103 Å². The van der Waals surface area contributed by atoms with Crippen molar-refractivity contribution < 1.29 is 5.11 Å². The fourth-order valence-corrected chi connectivity index (χ4v) is 3.20. The molecule has 0 saturated heterocycles. The molecule has 4 rings (SSSR count). The zero-order chi connectivity index (χ0) is 18.6. The number of phenolic OH excluding ortho intramolecular Hbond substituents is 1. The lowest BCUT2D eigenvalue weighted by Gasteiger charge is -2.27. The molecule has 0 amide bonds. The first kappa shape index (κ1) is 16.7. The summed E-state index contributed by atoms with van der Waals surface area (Å²) in [5, 5.41) is 9.96. The van der Waals surface area contributed by atoms with E-state index in [4.69, 9.17) is 5.73 Å². The lowest BCUT2D eigenvalue weighted by atomic mass is 10.0. The van der Waals surface area contributed by atoms with Gasteiger partial charge >= 0.3 is 0 Å². The van der Waals surface area contributed by atoms with Crippen molar-refractivity contribution in [3.8, 4) is 16.9 Å². The molecular formula is C24H20N2O. The van der Waals surface area contributed by atoms with Crippen molar-refractivity contribution in [2.24, 2.45) is 0 Å². The monoisotopic (exact) mass is 352 g/mol. The van der Waals surface area contributed by atoms with E-state index in [2.05, 4.69) is 18.2 Å².